The number of nitrogens with one attached hydrogen (secondary N) is 2. The van der Waals surface area contributed by atoms with Crippen molar-refractivity contribution < 1.29 is 17.9 Å². The molecule has 1 aromatic rings. The number of benzene rings is 1. The highest BCUT2D eigenvalue weighted by molar-refractivity contribution is 7.88. The molecule has 0 saturated heterocycles. The van der Waals surface area contributed by atoms with E-state index in [4.69, 9.17) is 4.74 Å². The van der Waals surface area contributed by atoms with Crippen molar-refractivity contribution in [1.29, 1.82) is 0 Å². The van der Waals surface area contributed by atoms with Gasteiger partial charge in [-0.1, -0.05) is 19.1 Å². The van der Waals surface area contributed by atoms with Gasteiger partial charge in [-0.2, -0.15) is 0 Å². The van der Waals surface area contributed by atoms with Gasteiger partial charge in [0.15, 0.2) is 0 Å². The lowest BCUT2D eigenvalue weighted by Gasteiger charge is -2.18. The number of methoxy groups -OCH3 is 1. The molecule has 0 spiro atoms. The molecule has 1 rings (SSSR count). The predicted octanol–water partition coefficient (Wildman–Crippen LogP) is 1.20. The molecule has 2 N–H and O–H groups in total. The minimum Gasteiger partial charge on any atom is -0.497 e. The largest absolute Gasteiger partial charge is 0.497 e. The first-order valence-corrected chi connectivity index (χ1v) is 8.62. The summed E-state index contributed by atoms with van der Waals surface area (Å²) >= 11 is 0. The van der Waals surface area contributed by atoms with Crippen molar-refractivity contribution in [3.8, 4) is 5.75 Å². The Kier molecular flexibility index (Phi) is 6.64. The first-order chi connectivity index (χ1) is 9.85. The molecule has 6 nitrogen and oxygen atoms in total. The molecular formula is C14H22N2O4S. The van der Waals surface area contributed by atoms with E-state index in [0.717, 1.165) is 12.7 Å². The molecule has 0 aromatic heterocycles. The normalized spacial score (nSPS) is 12.7. The van der Waals surface area contributed by atoms with Gasteiger partial charge in [0, 0.05) is 13.0 Å². The van der Waals surface area contributed by atoms with Crippen LogP contribution >= 0.6 is 0 Å². The molecule has 1 aromatic carbocycles. The van der Waals surface area contributed by atoms with Crippen LogP contribution in [0.25, 0.3) is 0 Å². The first kappa shape index (κ1) is 17.5. The summed E-state index contributed by atoms with van der Waals surface area (Å²) < 4.78 is 30.5. The van der Waals surface area contributed by atoms with Gasteiger partial charge in [0.2, 0.25) is 15.9 Å². The second-order valence-electron chi connectivity index (χ2n) is 4.77. The smallest absolute Gasteiger partial charge is 0.221 e. The van der Waals surface area contributed by atoms with Gasteiger partial charge in [0.25, 0.3) is 0 Å². The van der Waals surface area contributed by atoms with Gasteiger partial charge >= 0.3 is 0 Å². The third kappa shape index (κ3) is 6.59. The molecule has 1 amide bonds. The number of sulfonamides is 1. The van der Waals surface area contributed by atoms with E-state index < -0.39 is 16.1 Å². The average Bonchev–Trinajstić information content (AvgIpc) is 2.43. The van der Waals surface area contributed by atoms with E-state index in [1.54, 1.807) is 31.4 Å². The van der Waals surface area contributed by atoms with Crippen molar-refractivity contribution in [2.24, 2.45) is 0 Å². The van der Waals surface area contributed by atoms with Gasteiger partial charge in [-0.15, -0.1) is 0 Å². The zero-order valence-corrected chi connectivity index (χ0v) is 13.4. The Balaban J connectivity index is 2.87. The predicted molar refractivity (Wildman–Crippen MR) is 81.6 cm³/mol. The standard InChI is InChI=1S/C14H22N2O4S/c1-4-9-15-14(17)10-13(16-21(3,18)19)11-5-7-12(20-2)8-6-11/h5-8,13,16H,4,9-10H2,1-3H3,(H,15,17)/t13-/m0/s1. The number of hydrogen-bond acceptors (Lipinski definition) is 4. The number of ether oxygens (including phenoxy) is 1. The zero-order chi connectivity index (χ0) is 15.9. The van der Waals surface area contributed by atoms with E-state index >= 15 is 0 Å². The fraction of sp³-hybridized carbons (Fsp3) is 0.500. The molecular weight excluding hydrogens is 292 g/mol. The lowest BCUT2D eigenvalue weighted by atomic mass is 10.0. The van der Waals surface area contributed by atoms with Gasteiger partial charge in [0.1, 0.15) is 5.75 Å². The first-order valence-electron chi connectivity index (χ1n) is 6.73. The van der Waals surface area contributed by atoms with Gasteiger partial charge in [0.05, 0.1) is 19.4 Å². The van der Waals surface area contributed by atoms with Crippen LogP contribution in [0.2, 0.25) is 0 Å². The van der Waals surface area contributed by atoms with Gasteiger partial charge < -0.3 is 10.1 Å². The summed E-state index contributed by atoms with van der Waals surface area (Å²) in [6.45, 7) is 2.53. The maximum absolute atomic E-state index is 11.8. The Bertz CT molecular complexity index is 555. The maximum atomic E-state index is 11.8. The van der Waals surface area contributed by atoms with Crippen LogP contribution in [0.3, 0.4) is 0 Å². The molecule has 0 radical (unpaired) electrons. The van der Waals surface area contributed by atoms with Crippen molar-refractivity contribution in [3.05, 3.63) is 29.8 Å². The number of hydrogen-bond donors (Lipinski definition) is 2. The molecule has 0 unspecified atom stereocenters. The molecule has 0 aliphatic rings. The number of amides is 1. The average molecular weight is 314 g/mol. The topological polar surface area (TPSA) is 84.5 Å². The Hall–Kier alpha value is -1.60. The summed E-state index contributed by atoms with van der Waals surface area (Å²) in [5.41, 5.74) is 0.716. The minimum atomic E-state index is -3.41. The van der Waals surface area contributed by atoms with E-state index in [9.17, 15) is 13.2 Å². The zero-order valence-electron chi connectivity index (χ0n) is 12.5. The van der Waals surface area contributed by atoms with Crippen LogP contribution in [0.15, 0.2) is 24.3 Å². The van der Waals surface area contributed by atoms with E-state index in [-0.39, 0.29) is 12.3 Å². The van der Waals surface area contributed by atoms with Crippen molar-refractivity contribution in [2.45, 2.75) is 25.8 Å². The fourth-order valence-electron chi connectivity index (χ4n) is 1.84. The molecule has 0 fully saturated rings. The van der Waals surface area contributed by atoms with E-state index in [0.29, 0.717) is 17.9 Å². The summed E-state index contributed by atoms with van der Waals surface area (Å²) in [5.74, 6) is 0.487. The quantitative estimate of drug-likeness (QED) is 0.755. The second-order valence-corrected chi connectivity index (χ2v) is 6.55. The van der Waals surface area contributed by atoms with Crippen LogP contribution in [-0.4, -0.2) is 34.2 Å². The summed E-state index contributed by atoms with van der Waals surface area (Å²) in [6, 6.07) is 6.36. The van der Waals surface area contributed by atoms with Crippen molar-refractivity contribution in [3.63, 3.8) is 0 Å². The molecule has 7 heteroatoms. The highest BCUT2D eigenvalue weighted by Gasteiger charge is 2.19. The van der Waals surface area contributed by atoms with E-state index in [1.807, 2.05) is 6.92 Å². The molecule has 0 aliphatic carbocycles. The highest BCUT2D eigenvalue weighted by Crippen LogP contribution is 2.21. The summed E-state index contributed by atoms with van der Waals surface area (Å²) in [5, 5.41) is 2.74. The third-order valence-electron chi connectivity index (χ3n) is 2.84. The third-order valence-corrected chi connectivity index (χ3v) is 3.55. The second kappa shape index (κ2) is 7.99. The lowest BCUT2D eigenvalue weighted by Crippen LogP contribution is -2.33. The van der Waals surface area contributed by atoms with E-state index in [2.05, 4.69) is 10.0 Å². The number of rotatable bonds is 8. The monoisotopic (exact) mass is 314 g/mol. The van der Waals surface area contributed by atoms with Crippen molar-refractivity contribution >= 4 is 15.9 Å². The molecule has 118 valence electrons. The van der Waals surface area contributed by atoms with Gasteiger partial charge in [-0.3, -0.25) is 4.79 Å². The van der Waals surface area contributed by atoms with Crippen LogP contribution in [0.1, 0.15) is 31.4 Å². The van der Waals surface area contributed by atoms with Crippen LogP contribution in [0, 0.1) is 0 Å². The van der Waals surface area contributed by atoms with Crippen LogP contribution < -0.4 is 14.8 Å². The molecule has 1 atom stereocenters. The molecule has 21 heavy (non-hydrogen) atoms. The van der Waals surface area contributed by atoms with Crippen molar-refractivity contribution in [2.75, 3.05) is 19.9 Å². The Morgan fingerprint density at radius 1 is 1.29 bits per heavy atom. The highest BCUT2D eigenvalue weighted by atomic mass is 32.2. The molecule has 0 saturated carbocycles. The lowest BCUT2D eigenvalue weighted by molar-refractivity contribution is -0.121. The summed E-state index contributed by atoms with van der Waals surface area (Å²) in [4.78, 5) is 11.8. The summed E-state index contributed by atoms with van der Waals surface area (Å²) in [6.07, 6.45) is 1.96. The maximum Gasteiger partial charge on any atom is 0.221 e. The molecule has 0 heterocycles. The van der Waals surface area contributed by atoms with Crippen molar-refractivity contribution in [1.82, 2.24) is 10.0 Å². The number of carbonyl (C=O) groups excluding carboxylic acids is 1. The molecule has 0 bridgehead atoms. The van der Waals surface area contributed by atoms with Gasteiger partial charge in [-0.25, -0.2) is 13.1 Å². The minimum absolute atomic E-state index is 0.0550. The summed E-state index contributed by atoms with van der Waals surface area (Å²) in [7, 11) is -1.86. The van der Waals surface area contributed by atoms with Gasteiger partial charge in [-0.05, 0) is 24.1 Å². The van der Waals surface area contributed by atoms with Crippen LogP contribution in [0.4, 0.5) is 0 Å². The Labute approximate surface area is 125 Å². The SMILES string of the molecule is CCCNC(=O)C[C@H](NS(C)(=O)=O)c1ccc(OC)cc1. The molecule has 0 aliphatic heterocycles. The number of carbonyl (C=O) groups is 1. The van der Waals surface area contributed by atoms with Crippen LogP contribution in [0.5, 0.6) is 5.75 Å². The van der Waals surface area contributed by atoms with Crippen LogP contribution in [-0.2, 0) is 14.8 Å². The Morgan fingerprint density at radius 3 is 2.38 bits per heavy atom. The Morgan fingerprint density at radius 2 is 1.90 bits per heavy atom. The fourth-order valence-corrected chi connectivity index (χ4v) is 2.58. The van der Waals surface area contributed by atoms with E-state index in [1.165, 1.54) is 0 Å².